The number of hydrogen-bond acceptors (Lipinski definition) is 2. The van der Waals surface area contributed by atoms with E-state index in [4.69, 9.17) is 34.8 Å². The second-order valence-electron chi connectivity index (χ2n) is 2.88. The van der Waals surface area contributed by atoms with Crippen LogP contribution in [0.4, 0.5) is 0 Å². The number of nitrogens with one attached hydrogen (secondary N) is 1. The first-order valence-electron chi connectivity index (χ1n) is 4.54. The first-order valence-corrected chi connectivity index (χ1v) is 6.82. The van der Waals surface area contributed by atoms with Gasteiger partial charge in [-0.25, -0.2) is 0 Å². The summed E-state index contributed by atoms with van der Waals surface area (Å²) in [5.74, 6) is 0.511. The molecule has 1 amide bonds. The Bertz CT molecular complexity index is 353. The van der Waals surface area contributed by atoms with Crippen molar-refractivity contribution in [3.8, 4) is 0 Å². The summed E-state index contributed by atoms with van der Waals surface area (Å²) in [6.45, 7) is 0.539. The molecule has 0 saturated heterocycles. The quantitative estimate of drug-likeness (QED) is 0.512. The minimum Gasteiger partial charge on any atom is -0.354 e. The van der Waals surface area contributed by atoms with Gasteiger partial charge in [0, 0.05) is 17.2 Å². The average molecular weight is 299 g/mol. The Hall–Kier alpha value is -0.0900. The van der Waals surface area contributed by atoms with Crippen LogP contribution >= 0.6 is 46.6 Å². The lowest BCUT2D eigenvalue weighted by atomic mass is 10.4. The molecule has 88 valence electrons. The minimum absolute atomic E-state index is 0.0164. The number of halogens is 3. The SMILES string of the molecule is O=C(CCl)NCCSc1c(Cl)cccc1Cl. The van der Waals surface area contributed by atoms with Gasteiger partial charge in [-0.1, -0.05) is 29.3 Å². The fraction of sp³-hybridized carbons (Fsp3) is 0.300. The normalized spacial score (nSPS) is 10.2. The topological polar surface area (TPSA) is 29.1 Å². The summed E-state index contributed by atoms with van der Waals surface area (Å²) in [7, 11) is 0. The molecular weight excluding hydrogens is 289 g/mol. The van der Waals surface area contributed by atoms with E-state index in [1.54, 1.807) is 18.2 Å². The second kappa shape index (κ2) is 7.28. The molecular formula is C10H10Cl3NOS. The molecule has 0 aliphatic rings. The van der Waals surface area contributed by atoms with Crippen LogP contribution in [0.3, 0.4) is 0 Å². The summed E-state index contributed by atoms with van der Waals surface area (Å²) in [4.78, 5) is 11.7. The van der Waals surface area contributed by atoms with Crippen LogP contribution in [0.5, 0.6) is 0 Å². The molecule has 0 atom stereocenters. The van der Waals surface area contributed by atoms with Gasteiger partial charge < -0.3 is 5.32 Å². The molecule has 2 nitrogen and oxygen atoms in total. The van der Waals surface area contributed by atoms with Crippen LogP contribution in [-0.2, 0) is 4.79 Å². The van der Waals surface area contributed by atoms with Crippen molar-refractivity contribution in [2.24, 2.45) is 0 Å². The summed E-state index contributed by atoms with van der Waals surface area (Å²) in [6.07, 6.45) is 0. The Morgan fingerprint density at radius 3 is 2.50 bits per heavy atom. The summed E-state index contributed by atoms with van der Waals surface area (Å²) in [5, 5.41) is 3.92. The van der Waals surface area contributed by atoms with E-state index >= 15 is 0 Å². The lowest BCUT2D eigenvalue weighted by Crippen LogP contribution is -2.26. The average Bonchev–Trinajstić information content (AvgIpc) is 2.27. The minimum atomic E-state index is -0.174. The summed E-state index contributed by atoms with van der Waals surface area (Å²) in [6, 6.07) is 5.37. The van der Waals surface area contributed by atoms with Crippen LogP contribution in [0.1, 0.15) is 0 Å². The number of hydrogen-bond donors (Lipinski definition) is 1. The highest BCUT2D eigenvalue weighted by Crippen LogP contribution is 2.33. The molecule has 0 unspecified atom stereocenters. The zero-order valence-corrected chi connectivity index (χ0v) is 11.4. The van der Waals surface area contributed by atoms with E-state index in [0.29, 0.717) is 22.3 Å². The van der Waals surface area contributed by atoms with E-state index in [0.717, 1.165) is 4.90 Å². The third kappa shape index (κ3) is 4.42. The highest BCUT2D eigenvalue weighted by atomic mass is 35.5. The van der Waals surface area contributed by atoms with E-state index in [-0.39, 0.29) is 11.8 Å². The van der Waals surface area contributed by atoms with Crippen molar-refractivity contribution in [3.05, 3.63) is 28.2 Å². The summed E-state index contributed by atoms with van der Waals surface area (Å²) in [5.41, 5.74) is 0. The molecule has 0 aromatic heterocycles. The van der Waals surface area contributed by atoms with E-state index in [1.165, 1.54) is 11.8 Å². The predicted octanol–water partition coefficient (Wildman–Crippen LogP) is 3.44. The van der Waals surface area contributed by atoms with Crippen molar-refractivity contribution in [2.75, 3.05) is 18.2 Å². The van der Waals surface area contributed by atoms with Gasteiger partial charge in [-0.3, -0.25) is 4.79 Å². The Morgan fingerprint density at radius 2 is 1.94 bits per heavy atom. The first-order chi connectivity index (χ1) is 7.65. The van der Waals surface area contributed by atoms with E-state index in [1.807, 2.05) is 0 Å². The van der Waals surface area contributed by atoms with Gasteiger partial charge in [-0.05, 0) is 12.1 Å². The monoisotopic (exact) mass is 297 g/mol. The number of thioether (sulfide) groups is 1. The van der Waals surface area contributed by atoms with Crippen molar-refractivity contribution < 1.29 is 4.79 Å². The van der Waals surface area contributed by atoms with Gasteiger partial charge in [0.2, 0.25) is 5.91 Å². The third-order valence-corrected chi connectivity index (χ3v) is 3.94. The number of carbonyl (C=O) groups is 1. The molecule has 0 heterocycles. The zero-order chi connectivity index (χ0) is 12.0. The largest absolute Gasteiger partial charge is 0.354 e. The van der Waals surface area contributed by atoms with Crippen LogP contribution in [0, 0.1) is 0 Å². The molecule has 1 aromatic rings. The Balaban J connectivity index is 2.40. The van der Waals surface area contributed by atoms with E-state index in [9.17, 15) is 4.79 Å². The lowest BCUT2D eigenvalue weighted by molar-refractivity contribution is -0.118. The number of amides is 1. The van der Waals surface area contributed by atoms with Crippen LogP contribution in [0.15, 0.2) is 23.1 Å². The molecule has 0 aliphatic heterocycles. The molecule has 1 N–H and O–H groups in total. The Morgan fingerprint density at radius 1 is 1.31 bits per heavy atom. The fourth-order valence-electron chi connectivity index (χ4n) is 1.01. The van der Waals surface area contributed by atoms with Gasteiger partial charge in [0.15, 0.2) is 0 Å². The van der Waals surface area contributed by atoms with Crippen LogP contribution < -0.4 is 5.32 Å². The number of rotatable bonds is 5. The van der Waals surface area contributed by atoms with Crippen molar-refractivity contribution in [1.82, 2.24) is 5.32 Å². The summed E-state index contributed by atoms with van der Waals surface area (Å²) < 4.78 is 0. The van der Waals surface area contributed by atoms with Crippen LogP contribution in [0.25, 0.3) is 0 Å². The molecule has 1 aromatic carbocycles. The zero-order valence-electron chi connectivity index (χ0n) is 8.30. The molecule has 16 heavy (non-hydrogen) atoms. The smallest absolute Gasteiger partial charge is 0.234 e. The number of carbonyl (C=O) groups excluding carboxylic acids is 1. The fourth-order valence-corrected chi connectivity index (χ4v) is 2.65. The van der Waals surface area contributed by atoms with Gasteiger partial charge in [0.1, 0.15) is 5.88 Å². The lowest BCUT2D eigenvalue weighted by Gasteiger charge is -2.06. The second-order valence-corrected chi connectivity index (χ2v) is 5.07. The predicted molar refractivity (Wildman–Crippen MR) is 70.9 cm³/mol. The summed E-state index contributed by atoms with van der Waals surface area (Å²) >= 11 is 18.8. The van der Waals surface area contributed by atoms with Gasteiger partial charge in [0.05, 0.1) is 10.0 Å². The third-order valence-electron chi connectivity index (χ3n) is 1.71. The highest BCUT2D eigenvalue weighted by Gasteiger charge is 2.05. The maximum absolute atomic E-state index is 10.9. The van der Waals surface area contributed by atoms with Gasteiger partial charge in [0.25, 0.3) is 0 Å². The van der Waals surface area contributed by atoms with Crippen molar-refractivity contribution in [1.29, 1.82) is 0 Å². The van der Waals surface area contributed by atoms with Crippen LogP contribution in [0.2, 0.25) is 10.0 Å². The van der Waals surface area contributed by atoms with Crippen molar-refractivity contribution in [2.45, 2.75) is 4.90 Å². The maximum Gasteiger partial charge on any atom is 0.234 e. The molecule has 6 heteroatoms. The van der Waals surface area contributed by atoms with Gasteiger partial charge in [-0.2, -0.15) is 0 Å². The van der Waals surface area contributed by atoms with Crippen molar-refractivity contribution in [3.63, 3.8) is 0 Å². The highest BCUT2D eigenvalue weighted by molar-refractivity contribution is 7.99. The standard InChI is InChI=1S/C10H10Cl3NOS/c11-6-9(15)14-4-5-16-10-7(12)2-1-3-8(10)13/h1-3H,4-6H2,(H,14,15). The van der Waals surface area contributed by atoms with Crippen LogP contribution in [-0.4, -0.2) is 24.1 Å². The molecule has 0 saturated carbocycles. The van der Waals surface area contributed by atoms with Gasteiger partial charge >= 0.3 is 0 Å². The Kier molecular flexibility index (Phi) is 6.36. The molecule has 0 aliphatic carbocycles. The molecule has 0 bridgehead atoms. The number of benzene rings is 1. The number of alkyl halides is 1. The first kappa shape index (κ1) is 14.0. The molecule has 0 spiro atoms. The van der Waals surface area contributed by atoms with E-state index < -0.39 is 0 Å². The van der Waals surface area contributed by atoms with Crippen molar-refractivity contribution >= 4 is 52.5 Å². The molecule has 1 rings (SSSR count). The molecule has 0 radical (unpaired) electrons. The molecule has 0 fully saturated rings. The maximum atomic E-state index is 10.9. The van der Waals surface area contributed by atoms with E-state index in [2.05, 4.69) is 5.32 Å². The Labute approximate surface area is 114 Å². The van der Waals surface area contributed by atoms with Gasteiger partial charge in [-0.15, -0.1) is 23.4 Å².